The lowest BCUT2D eigenvalue weighted by Crippen LogP contribution is -2.49. The number of amides is 1. The highest BCUT2D eigenvalue weighted by Crippen LogP contribution is 2.59. The maximum Gasteiger partial charge on any atom is 0.320 e. The average Bonchev–Trinajstić information content (AvgIpc) is 3.44. The maximum absolute atomic E-state index is 13.7. The lowest BCUT2D eigenvalue weighted by Gasteiger charge is -2.40. The lowest BCUT2D eigenvalue weighted by molar-refractivity contribution is -0.182. The van der Waals surface area contributed by atoms with Gasteiger partial charge in [-0.25, -0.2) is 0 Å². The van der Waals surface area contributed by atoms with Gasteiger partial charge in [-0.15, -0.1) is 0 Å². The highest BCUT2D eigenvalue weighted by atomic mass is 16.6. The zero-order chi connectivity index (χ0) is 23.2. The molecule has 184 valence electrons. The van der Waals surface area contributed by atoms with Crippen LogP contribution in [0.25, 0.3) is 0 Å². The Hall–Kier alpha value is -1.67. The monoisotopic (exact) mass is 462 g/mol. The minimum absolute atomic E-state index is 0.0454. The second-order valence-corrected chi connectivity index (χ2v) is 10.9. The van der Waals surface area contributed by atoms with Gasteiger partial charge in [-0.3, -0.25) is 19.3 Å². The highest BCUT2D eigenvalue weighted by Gasteiger charge is 2.67. The van der Waals surface area contributed by atoms with Gasteiger partial charge in [0.2, 0.25) is 5.91 Å². The smallest absolute Gasteiger partial charge is 0.320 e. The first-order chi connectivity index (χ1) is 15.9. The van der Waals surface area contributed by atoms with Crippen molar-refractivity contribution in [2.24, 2.45) is 29.6 Å². The number of carbonyl (C=O) groups is 3. The standard InChI is InChI=1S/C25H38N2O6/c1-3-25(7-5-4-6-8-25)33-24(30)21-17-13-16(18-14-26(2)23(29)20(17)18)22(21)32-19(28)15-27-9-11-31-12-10-27/h16-18,20-22H,3-15H2,1-2H3. The van der Waals surface area contributed by atoms with Crippen LogP contribution in [-0.4, -0.2) is 85.8 Å². The van der Waals surface area contributed by atoms with Crippen LogP contribution in [0.1, 0.15) is 51.9 Å². The van der Waals surface area contributed by atoms with Crippen molar-refractivity contribution in [3.63, 3.8) is 0 Å². The molecule has 0 aromatic heterocycles. The summed E-state index contributed by atoms with van der Waals surface area (Å²) in [5, 5.41) is 0. The third-order valence-corrected chi connectivity index (χ3v) is 9.12. The lowest BCUT2D eigenvalue weighted by atomic mass is 9.73. The van der Waals surface area contributed by atoms with Gasteiger partial charge in [0.05, 0.1) is 25.7 Å². The van der Waals surface area contributed by atoms with Crippen LogP contribution in [0.3, 0.4) is 0 Å². The van der Waals surface area contributed by atoms with E-state index in [4.69, 9.17) is 14.2 Å². The Morgan fingerprint density at radius 1 is 1.09 bits per heavy atom. The van der Waals surface area contributed by atoms with Crippen molar-refractivity contribution >= 4 is 17.8 Å². The van der Waals surface area contributed by atoms with Gasteiger partial charge in [0.1, 0.15) is 11.7 Å². The van der Waals surface area contributed by atoms with Crippen molar-refractivity contribution in [1.29, 1.82) is 0 Å². The van der Waals surface area contributed by atoms with E-state index in [0.717, 1.165) is 38.5 Å². The number of ether oxygens (including phenoxy) is 3. The number of hydrogen-bond donors (Lipinski definition) is 0. The molecule has 2 heterocycles. The summed E-state index contributed by atoms with van der Waals surface area (Å²) >= 11 is 0. The average molecular weight is 463 g/mol. The van der Waals surface area contributed by atoms with Crippen LogP contribution in [0.15, 0.2) is 0 Å². The number of likely N-dealkylation sites (tertiary alicyclic amines) is 1. The van der Waals surface area contributed by atoms with E-state index in [1.165, 1.54) is 6.42 Å². The number of carbonyl (C=O) groups excluding carboxylic acids is 3. The van der Waals surface area contributed by atoms with Gasteiger partial charge in [-0.2, -0.15) is 0 Å². The van der Waals surface area contributed by atoms with Gasteiger partial charge in [0, 0.05) is 38.5 Å². The summed E-state index contributed by atoms with van der Waals surface area (Å²) in [6.07, 6.45) is 6.19. The van der Waals surface area contributed by atoms with Gasteiger partial charge in [-0.05, 0) is 50.4 Å². The largest absolute Gasteiger partial charge is 0.460 e. The van der Waals surface area contributed by atoms with Crippen LogP contribution >= 0.6 is 0 Å². The molecule has 6 atom stereocenters. The first-order valence-electron chi connectivity index (χ1n) is 12.9. The number of hydrogen-bond acceptors (Lipinski definition) is 7. The summed E-state index contributed by atoms with van der Waals surface area (Å²) in [4.78, 5) is 43.3. The Bertz CT molecular complexity index is 775. The summed E-state index contributed by atoms with van der Waals surface area (Å²) in [7, 11) is 1.83. The third-order valence-electron chi connectivity index (χ3n) is 9.12. The molecule has 0 spiro atoms. The zero-order valence-corrected chi connectivity index (χ0v) is 20.0. The first kappa shape index (κ1) is 23.1. The van der Waals surface area contributed by atoms with E-state index in [1.807, 2.05) is 11.9 Å². The molecule has 0 aromatic carbocycles. The topological polar surface area (TPSA) is 85.4 Å². The predicted molar refractivity (Wildman–Crippen MR) is 119 cm³/mol. The fraction of sp³-hybridized carbons (Fsp3) is 0.880. The summed E-state index contributed by atoms with van der Waals surface area (Å²) in [5.74, 6) is -0.978. The molecular weight excluding hydrogens is 424 g/mol. The van der Waals surface area contributed by atoms with E-state index in [2.05, 4.69) is 6.92 Å². The van der Waals surface area contributed by atoms with Crippen LogP contribution in [0, 0.1) is 29.6 Å². The number of morpholine rings is 1. The van der Waals surface area contributed by atoms with E-state index in [1.54, 1.807) is 4.90 Å². The second kappa shape index (κ2) is 9.17. The SMILES string of the molecule is CCC1(OC(=O)C2C3CC(C4CN(C)C(=O)C43)C2OC(=O)CN2CCOCC2)CCCCC1. The van der Waals surface area contributed by atoms with E-state index in [0.29, 0.717) is 32.8 Å². The molecule has 6 unspecified atom stereocenters. The fourth-order valence-electron chi connectivity index (χ4n) is 7.36. The van der Waals surface area contributed by atoms with Crippen molar-refractivity contribution in [2.45, 2.75) is 63.6 Å². The Morgan fingerprint density at radius 3 is 2.52 bits per heavy atom. The van der Waals surface area contributed by atoms with Crippen molar-refractivity contribution in [2.75, 3.05) is 46.4 Å². The molecule has 8 heteroatoms. The van der Waals surface area contributed by atoms with Crippen molar-refractivity contribution < 1.29 is 28.6 Å². The summed E-state index contributed by atoms with van der Waals surface area (Å²) in [6.45, 7) is 5.64. The molecule has 8 nitrogen and oxygen atoms in total. The molecule has 0 aromatic rings. The molecule has 5 rings (SSSR count). The second-order valence-electron chi connectivity index (χ2n) is 10.9. The maximum atomic E-state index is 13.7. The number of rotatable bonds is 6. The van der Waals surface area contributed by atoms with Gasteiger partial charge < -0.3 is 19.1 Å². The molecule has 2 aliphatic heterocycles. The summed E-state index contributed by atoms with van der Waals surface area (Å²) in [6, 6.07) is 0. The fourth-order valence-corrected chi connectivity index (χ4v) is 7.36. The molecule has 5 fully saturated rings. The minimum atomic E-state index is -0.536. The molecular formula is C25H38N2O6. The van der Waals surface area contributed by atoms with Crippen molar-refractivity contribution in [3.05, 3.63) is 0 Å². The van der Waals surface area contributed by atoms with E-state index in [-0.39, 0.29) is 48.1 Å². The molecule has 2 bridgehead atoms. The van der Waals surface area contributed by atoms with Crippen LogP contribution in [0.4, 0.5) is 0 Å². The molecule has 2 saturated heterocycles. The van der Waals surface area contributed by atoms with Crippen LogP contribution in [0.2, 0.25) is 0 Å². The highest BCUT2D eigenvalue weighted by molar-refractivity contribution is 5.85. The van der Waals surface area contributed by atoms with Crippen LogP contribution < -0.4 is 0 Å². The number of nitrogens with zero attached hydrogens (tertiary/aromatic N) is 2. The summed E-state index contributed by atoms with van der Waals surface area (Å²) in [5.41, 5.74) is -0.407. The number of esters is 2. The molecule has 0 N–H and O–H groups in total. The Morgan fingerprint density at radius 2 is 1.82 bits per heavy atom. The minimum Gasteiger partial charge on any atom is -0.460 e. The molecule has 1 amide bonds. The van der Waals surface area contributed by atoms with Crippen LogP contribution in [-0.2, 0) is 28.6 Å². The quantitative estimate of drug-likeness (QED) is 0.557. The number of fused-ring (bicyclic) bond motifs is 5. The van der Waals surface area contributed by atoms with E-state index < -0.39 is 17.6 Å². The van der Waals surface area contributed by atoms with E-state index in [9.17, 15) is 14.4 Å². The first-order valence-corrected chi connectivity index (χ1v) is 12.9. The van der Waals surface area contributed by atoms with Gasteiger partial charge in [0.15, 0.2) is 0 Å². The Balaban J connectivity index is 1.34. The van der Waals surface area contributed by atoms with Crippen LogP contribution in [0.5, 0.6) is 0 Å². The van der Waals surface area contributed by atoms with Gasteiger partial charge in [0.25, 0.3) is 0 Å². The predicted octanol–water partition coefficient (Wildman–Crippen LogP) is 1.86. The third kappa shape index (κ3) is 4.18. The molecule has 5 aliphatic rings. The van der Waals surface area contributed by atoms with Gasteiger partial charge >= 0.3 is 11.9 Å². The van der Waals surface area contributed by atoms with Crippen molar-refractivity contribution in [1.82, 2.24) is 9.80 Å². The van der Waals surface area contributed by atoms with Gasteiger partial charge in [-0.1, -0.05) is 13.3 Å². The Kier molecular flexibility index (Phi) is 6.42. The van der Waals surface area contributed by atoms with E-state index >= 15 is 0 Å². The van der Waals surface area contributed by atoms with Crippen molar-refractivity contribution in [3.8, 4) is 0 Å². The molecule has 3 saturated carbocycles. The molecule has 0 radical (unpaired) electrons. The molecule has 33 heavy (non-hydrogen) atoms. The molecule has 3 aliphatic carbocycles. The normalized spacial score (nSPS) is 37.8. The zero-order valence-electron chi connectivity index (χ0n) is 20.0. The Labute approximate surface area is 196 Å². The summed E-state index contributed by atoms with van der Waals surface area (Å²) < 4.78 is 17.7.